The molecule has 0 saturated carbocycles. The first-order valence-corrected chi connectivity index (χ1v) is 8.43. The lowest BCUT2D eigenvalue weighted by molar-refractivity contribution is 0.133. The molecule has 2 aromatic rings. The van der Waals surface area contributed by atoms with Gasteiger partial charge in [-0.15, -0.1) is 0 Å². The van der Waals surface area contributed by atoms with Crippen LogP contribution in [0.2, 0.25) is 0 Å². The van der Waals surface area contributed by atoms with E-state index in [4.69, 9.17) is 4.74 Å². The Balaban J connectivity index is 1.96. The monoisotopic (exact) mass is 344 g/mol. The summed E-state index contributed by atoms with van der Waals surface area (Å²) in [5.74, 6) is -0.283. The number of carbonyl (C=O) groups excluding carboxylic acids is 1. The Labute approximate surface area is 148 Å². The minimum Gasteiger partial charge on any atom is -0.377 e. The van der Waals surface area contributed by atoms with E-state index < -0.39 is 0 Å². The Kier molecular flexibility index (Phi) is 6.95. The van der Waals surface area contributed by atoms with Crippen LogP contribution in [0.25, 0.3) is 0 Å². The molecular formula is C20H25FN2O2. The third kappa shape index (κ3) is 5.29. The van der Waals surface area contributed by atoms with E-state index in [1.54, 1.807) is 24.1 Å². The summed E-state index contributed by atoms with van der Waals surface area (Å²) in [6, 6.07) is 13.8. The molecule has 25 heavy (non-hydrogen) atoms. The second-order valence-electron chi connectivity index (χ2n) is 5.90. The molecule has 5 heteroatoms. The molecule has 1 N–H and O–H groups in total. The molecule has 0 fully saturated rings. The first kappa shape index (κ1) is 18.9. The maximum Gasteiger partial charge on any atom is 0.317 e. The number of rotatable bonds is 7. The van der Waals surface area contributed by atoms with Gasteiger partial charge < -0.3 is 15.0 Å². The number of urea groups is 1. The molecule has 0 bridgehead atoms. The molecule has 2 rings (SSSR count). The minimum atomic E-state index is -0.283. The quantitative estimate of drug-likeness (QED) is 0.815. The van der Waals surface area contributed by atoms with E-state index in [0.29, 0.717) is 19.8 Å². The van der Waals surface area contributed by atoms with Gasteiger partial charge in [0.15, 0.2) is 0 Å². The van der Waals surface area contributed by atoms with Crippen LogP contribution in [0.3, 0.4) is 0 Å². The molecule has 0 heterocycles. The standard InChI is InChI=1S/C20H25FN2O2/c1-4-25-14-18-8-6-5-7-17(18)13-22-20(24)23(3)15(2)16-9-11-19(21)12-10-16/h5-12,15H,4,13-14H2,1-3H3,(H,22,24)/t15-/m0/s1. The third-order valence-electron chi connectivity index (χ3n) is 4.26. The van der Waals surface area contributed by atoms with E-state index in [9.17, 15) is 9.18 Å². The SMILES string of the molecule is CCOCc1ccccc1CNC(=O)N(C)[C@@H](C)c1ccc(F)cc1. The summed E-state index contributed by atoms with van der Waals surface area (Å²) in [6.07, 6.45) is 0. The predicted molar refractivity (Wildman–Crippen MR) is 96.6 cm³/mol. The molecule has 4 nitrogen and oxygen atoms in total. The van der Waals surface area contributed by atoms with Crippen molar-refractivity contribution in [2.75, 3.05) is 13.7 Å². The zero-order valence-corrected chi connectivity index (χ0v) is 15.0. The number of nitrogens with zero attached hydrogens (tertiary/aromatic N) is 1. The average molecular weight is 344 g/mol. The number of carbonyl (C=O) groups is 1. The van der Waals surface area contributed by atoms with Crippen molar-refractivity contribution in [2.24, 2.45) is 0 Å². The maximum absolute atomic E-state index is 13.0. The molecule has 134 valence electrons. The summed E-state index contributed by atoms with van der Waals surface area (Å²) in [5.41, 5.74) is 2.99. The van der Waals surface area contributed by atoms with Crippen LogP contribution >= 0.6 is 0 Å². The van der Waals surface area contributed by atoms with E-state index >= 15 is 0 Å². The van der Waals surface area contributed by atoms with E-state index in [2.05, 4.69) is 5.32 Å². The minimum absolute atomic E-state index is 0.153. The van der Waals surface area contributed by atoms with Gasteiger partial charge in [-0.3, -0.25) is 0 Å². The van der Waals surface area contributed by atoms with Crippen molar-refractivity contribution >= 4 is 6.03 Å². The number of amides is 2. The molecule has 0 aliphatic rings. The Morgan fingerprint density at radius 3 is 2.44 bits per heavy atom. The van der Waals surface area contributed by atoms with E-state index in [0.717, 1.165) is 16.7 Å². The molecule has 1 atom stereocenters. The van der Waals surface area contributed by atoms with Gasteiger partial charge in [0.2, 0.25) is 0 Å². The largest absolute Gasteiger partial charge is 0.377 e. The smallest absolute Gasteiger partial charge is 0.317 e. The lowest BCUT2D eigenvalue weighted by Gasteiger charge is -2.26. The van der Waals surface area contributed by atoms with Crippen molar-refractivity contribution in [3.63, 3.8) is 0 Å². The normalized spacial score (nSPS) is 11.8. The van der Waals surface area contributed by atoms with Crippen molar-refractivity contribution in [1.29, 1.82) is 0 Å². The predicted octanol–water partition coefficient (Wildman–Crippen LogP) is 4.26. The summed E-state index contributed by atoms with van der Waals surface area (Å²) in [7, 11) is 1.73. The summed E-state index contributed by atoms with van der Waals surface area (Å²) in [4.78, 5) is 14.0. The van der Waals surface area contributed by atoms with Crippen molar-refractivity contribution in [3.8, 4) is 0 Å². The average Bonchev–Trinajstić information content (AvgIpc) is 2.64. The Morgan fingerprint density at radius 1 is 1.16 bits per heavy atom. The van der Waals surface area contributed by atoms with Crippen molar-refractivity contribution in [3.05, 3.63) is 71.0 Å². The van der Waals surface area contributed by atoms with Crippen molar-refractivity contribution in [1.82, 2.24) is 10.2 Å². The molecule has 0 saturated heterocycles. The van der Waals surface area contributed by atoms with Gasteiger partial charge in [-0.25, -0.2) is 9.18 Å². The van der Waals surface area contributed by atoms with E-state index in [1.807, 2.05) is 38.1 Å². The van der Waals surface area contributed by atoms with Crippen LogP contribution in [0, 0.1) is 5.82 Å². The Hall–Kier alpha value is -2.40. The van der Waals surface area contributed by atoms with Crippen LogP contribution in [0.4, 0.5) is 9.18 Å². The van der Waals surface area contributed by atoms with Gasteiger partial charge in [-0.2, -0.15) is 0 Å². The van der Waals surface area contributed by atoms with Crippen molar-refractivity contribution < 1.29 is 13.9 Å². The Morgan fingerprint density at radius 2 is 1.80 bits per heavy atom. The van der Waals surface area contributed by atoms with E-state index in [-0.39, 0.29) is 17.9 Å². The van der Waals surface area contributed by atoms with Gasteiger partial charge in [0, 0.05) is 20.2 Å². The molecule has 0 aliphatic heterocycles. The lowest BCUT2D eigenvalue weighted by Crippen LogP contribution is -2.38. The first-order chi connectivity index (χ1) is 12.0. The summed E-state index contributed by atoms with van der Waals surface area (Å²) >= 11 is 0. The summed E-state index contributed by atoms with van der Waals surface area (Å²) in [5, 5.41) is 2.93. The zero-order valence-electron chi connectivity index (χ0n) is 15.0. The van der Waals surface area contributed by atoms with Crippen LogP contribution in [-0.2, 0) is 17.9 Å². The molecule has 2 aromatic carbocycles. The molecule has 0 radical (unpaired) electrons. The summed E-state index contributed by atoms with van der Waals surface area (Å²) in [6.45, 7) is 5.48. The second kappa shape index (κ2) is 9.18. The molecule has 0 unspecified atom stereocenters. The fourth-order valence-corrected chi connectivity index (χ4v) is 2.52. The highest BCUT2D eigenvalue weighted by Gasteiger charge is 2.17. The molecular weight excluding hydrogens is 319 g/mol. The van der Waals surface area contributed by atoms with Crippen molar-refractivity contribution in [2.45, 2.75) is 33.0 Å². The molecule has 0 spiro atoms. The number of hydrogen-bond donors (Lipinski definition) is 1. The van der Waals surface area contributed by atoms with Gasteiger partial charge in [0.05, 0.1) is 12.6 Å². The van der Waals surface area contributed by atoms with Crippen LogP contribution in [0.15, 0.2) is 48.5 Å². The lowest BCUT2D eigenvalue weighted by atomic mass is 10.1. The highest BCUT2D eigenvalue weighted by atomic mass is 19.1. The van der Waals surface area contributed by atoms with E-state index in [1.165, 1.54) is 12.1 Å². The molecule has 2 amide bonds. The van der Waals surface area contributed by atoms with Gasteiger partial charge in [-0.05, 0) is 42.7 Å². The van der Waals surface area contributed by atoms with Gasteiger partial charge in [0.1, 0.15) is 5.82 Å². The fraction of sp³-hybridized carbons (Fsp3) is 0.350. The maximum atomic E-state index is 13.0. The number of halogens is 1. The zero-order chi connectivity index (χ0) is 18.2. The second-order valence-corrected chi connectivity index (χ2v) is 5.90. The first-order valence-electron chi connectivity index (χ1n) is 8.43. The molecule has 0 aliphatic carbocycles. The summed E-state index contributed by atoms with van der Waals surface area (Å²) < 4.78 is 18.5. The fourth-order valence-electron chi connectivity index (χ4n) is 2.52. The van der Waals surface area contributed by atoms with Crippen LogP contribution in [-0.4, -0.2) is 24.6 Å². The van der Waals surface area contributed by atoms with Crippen LogP contribution in [0.5, 0.6) is 0 Å². The number of nitrogens with one attached hydrogen (secondary N) is 1. The Bertz CT molecular complexity index is 688. The van der Waals surface area contributed by atoms with Gasteiger partial charge in [-0.1, -0.05) is 36.4 Å². The molecule has 0 aromatic heterocycles. The van der Waals surface area contributed by atoms with Gasteiger partial charge >= 0.3 is 6.03 Å². The van der Waals surface area contributed by atoms with Crippen LogP contribution in [0.1, 0.15) is 36.6 Å². The highest BCUT2D eigenvalue weighted by Crippen LogP contribution is 2.19. The van der Waals surface area contributed by atoms with Gasteiger partial charge in [0.25, 0.3) is 0 Å². The number of ether oxygens (including phenoxy) is 1. The highest BCUT2D eigenvalue weighted by molar-refractivity contribution is 5.74. The number of hydrogen-bond acceptors (Lipinski definition) is 2. The van der Waals surface area contributed by atoms with Crippen LogP contribution < -0.4 is 5.32 Å². The number of benzene rings is 2. The topological polar surface area (TPSA) is 41.6 Å². The third-order valence-corrected chi connectivity index (χ3v) is 4.26.